The van der Waals surface area contributed by atoms with Crippen molar-refractivity contribution >= 4 is 22.8 Å². The third-order valence-corrected chi connectivity index (χ3v) is 5.52. The third kappa shape index (κ3) is 5.73. The predicted molar refractivity (Wildman–Crippen MR) is 117 cm³/mol. The summed E-state index contributed by atoms with van der Waals surface area (Å²) in [6, 6.07) is 8.08. The summed E-state index contributed by atoms with van der Waals surface area (Å²) in [4.78, 5) is 18.4. The molecule has 1 unspecified atom stereocenters. The molecule has 3 rings (SSSR count). The van der Waals surface area contributed by atoms with Gasteiger partial charge in [-0.15, -0.1) is 0 Å². The summed E-state index contributed by atoms with van der Waals surface area (Å²) >= 11 is 0. The van der Waals surface area contributed by atoms with Crippen LogP contribution in [0.5, 0.6) is 0 Å². The zero-order valence-electron chi connectivity index (χ0n) is 17.5. The molecule has 0 radical (unpaired) electrons. The van der Waals surface area contributed by atoms with E-state index in [2.05, 4.69) is 40.4 Å². The molecule has 158 valence electrons. The lowest BCUT2D eigenvalue weighted by atomic mass is 9.97. The molecule has 1 saturated heterocycles. The molecule has 2 aromatic rings. The molecule has 1 aliphatic heterocycles. The van der Waals surface area contributed by atoms with Crippen LogP contribution in [0.2, 0.25) is 0 Å². The van der Waals surface area contributed by atoms with Gasteiger partial charge in [-0.3, -0.25) is 4.79 Å². The number of nitrogens with zero attached hydrogens (tertiary/aromatic N) is 2. The zero-order valence-corrected chi connectivity index (χ0v) is 17.5. The number of carbonyl (C=O) groups excluding carboxylic acids is 1. The first-order chi connectivity index (χ1) is 14.1. The molecule has 1 aliphatic rings. The standard InChI is InChI=1S/C22H33N5O2/c1-3-24-22(25-11-7-13-27-12-6-8-17(15-27)21(23)28)26-14-20-16(2)18-9-4-5-10-19(18)29-20/h4-5,9-10,17H,3,6-8,11-15H2,1-2H3,(H2,23,28)(H2,24,25,26). The average molecular weight is 400 g/mol. The Bertz CT molecular complexity index is 845. The van der Waals surface area contributed by atoms with Crippen molar-refractivity contribution in [2.45, 2.75) is 39.7 Å². The van der Waals surface area contributed by atoms with Gasteiger partial charge in [0.25, 0.3) is 0 Å². The molecule has 1 aromatic carbocycles. The summed E-state index contributed by atoms with van der Waals surface area (Å²) in [5.41, 5.74) is 7.52. The first-order valence-electron chi connectivity index (χ1n) is 10.6. The number of fused-ring (bicyclic) bond motifs is 1. The predicted octanol–water partition coefficient (Wildman–Crippen LogP) is 2.38. The molecular weight excluding hydrogens is 366 g/mol. The number of piperidine rings is 1. The van der Waals surface area contributed by atoms with E-state index < -0.39 is 0 Å². The van der Waals surface area contributed by atoms with Crippen molar-refractivity contribution in [1.82, 2.24) is 15.5 Å². The van der Waals surface area contributed by atoms with Crippen LogP contribution in [0.15, 0.2) is 33.7 Å². The average Bonchev–Trinajstić information content (AvgIpc) is 3.05. The van der Waals surface area contributed by atoms with Crippen molar-refractivity contribution in [3.05, 3.63) is 35.6 Å². The molecule has 1 aromatic heterocycles. The molecule has 0 spiro atoms. The highest BCUT2D eigenvalue weighted by atomic mass is 16.3. The number of rotatable bonds is 8. The first-order valence-corrected chi connectivity index (χ1v) is 10.6. The molecule has 2 heterocycles. The topological polar surface area (TPSA) is 95.9 Å². The number of para-hydroxylation sites is 1. The number of nitrogens with one attached hydrogen (secondary N) is 2. The second kappa shape index (κ2) is 10.3. The molecule has 1 fully saturated rings. The number of hydrogen-bond donors (Lipinski definition) is 3. The van der Waals surface area contributed by atoms with E-state index in [1.807, 2.05) is 18.2 Å². The van der Waals surface area contributed by atoms with E-state index in [9.17, 15) is 4.79 Å². The number of primary amides is 1. The van der Waals surface area contributed by atoms with Gasteiger partial charge in [0.05, 0.1) is 5.92 Å². The van der Waals surface area contributed by atoms with Crippen LogP contribution in [0, 0.1) is 12.8 Å². The van der Waals surface area contributed by atoms with Crippen LogP contribution in [-0.2, 0) is 11.3 Å². The van der Waals surface area contributed by atoms with E-state index in [0.29, 0.717) is 6.54 Å². The van der Waals surface area contributed by atoms with Gasteiger partial charge >= 0.3 is 0 Å². The van der Waals surface area contributed by atoms with Crippen LogP contribution < -0.4 is 16.4 Å². The fourth-order valence-electron chi connectivity index (χ4n) is 3.87. The lowest BCUT2D eigenvalue weighted by Gasteiger charge is -2.31. The second-order valence-corrected chi connectivity index (χ2v) is 7.66. The molecular formula is C22H33N5O2. The Morgan fingerprint density at radius 3 is 2.93 bits per heavy atom. The van der Waals surface area contributed by atoms with Crippen LogP contribution in [0.3, 0.4) is 0 Å². The normalized spacial score (nSPS) is 18.1. The van der Waals surface area contributed by atoms with Crippen LogP contribution in [0.4, 0.5) is 0 Å². The minimum atomic E-state index is -0.171. The summed E-state index contributed by atoms with van der Waals surface area (Å²) < 4.78 is 5.95. The van der Waals surface area contributed by atoms with Crippen LogP contribution in [0.25, 0.3) is 11.0 Å². The van der Waals surface area contributed by atoms with E-state index in [1.165, 1.54) is 0 Å². The number of hydrogen-bond acceptors (Lipinski definition) is 4. The van der Waals surface area contributed by atoms with Gasteiger partial charge < -0.3 is 25.7 Å². The number of likely N-dealkylation sites (tertiary alicyclic amines) is 1. The van der Waals surface area contributed by atoms with E-state index in [-0.39, 0.29) is 11.8 Å². The van der Waals surface area contributed by atoms with Gasteiger partial charge in [-0.1, -0.05) is 18.2 Å². The summed E-state index contributed by atoms with van der Waals surface area (Å²) in [6.07, 6.45) is 2.95. The van der Waals surface area contributed by atoms with Gasteiger partial charge in [-0.2, -0.15) is 0 Å². The number of guanidine groups is 1. The smallest absolute Gasteiger partial charge is 0.221 e. The lowest BCUT2D eigenvalue weighted by molar-refractivity contribution is -0.123. The number of furan rings is 1. The number of amides is 1. The van der Waals surface area contributed by atoms with Crippen molar-refractivity contribution in [2.75, 3.05) is 32.7 Å². The van der Waals surface area contributed by atoms with Crippen molar-refractivity contribution in [1.29, 1.82) is 0 Å². The van der Waals surface area contributed by atoms with E-state index in [0.717, 1.165) is 80.2 Å². The van der Waals surface area contributed by atoms with E-state index in [4.69, 9.17) is 10.2 Å². The van der Waals surface area contributed by atoms with Crippen LogP contribution >= 0.6 is 0 Å². The van der Waals surface area contributed by atoms with E-state index >= 15 is 0 Å². The van der Waals surface area contributed by atoms with Crippen molar-refractivity contribution < 1.29 is 9.21 Å². The molecule has 1 atom stereocenters. The van der Waals surface area contributed by atoms with Gasteiger partial charge in [0.2, 0.25) is 5.91 Å². The summed E-state index contributed by atoms with van der Waals surface area (Å²) in [6.45, 7) is 9.05. The lowest BCUT2D eigenvalue weighted by Crippen LogP contribution is -2.43. The highest BCUT2D eigenvalue weighted by Gasteiger charge is 2.23. The maximum Gasteiger partial charge on any atom is 0.221 e. The Balaban J connectivity index is 1.49. The van der Waals surface area contributed by atoms with Gasteiger partial charge in [-0.25, -0.2) is 4.99 Å². The molecule has 0 saturated carbocycles. The minimum absolute atomic E-state index is 0.00244. The molecule has 4 N–H and O–H groups in total. The molecule has 0 bridgehead atoms. The maximum atomic E-state index is 11.4. The number of aliphatic imine (C=N–C) groups is 1. The SMILES string of the molecule is CCNC(=NCc1oc2ccccc2c1C)NCCCN1CCCC(C(N)=O)C1. The molecule has 0 aliphatic carbocycles. The molecule has 1 amide bonds. The molecule has 7 heteroatoms. The summed E-state index contributed by atoms with van der Waals surface area (Å²) in [5, 5.41) is 7.83. The maximum absolute atomic E-state index is 11.4. The monoisotopic (exact) mass is 399 g/mol. The molecule has 29 heavy (non-hydrogen) atoms. The van der Waals surface area contributed by atoms with Crippen molar-refractivity contribution in [3.63, 3.8) is 0 Å². The Kier molecular flexibility index (Phi) is 7.52. The highest BCUT2D eigenvalue weighted by Crippen LogP contribution is 2.25. The third-order valence-electron chi connectivity index (χ3n) is 5.52. The number of benzene rings is 1. The Labute approximate surface area is 172 Å². The number of carbonyl (C=O) groups is 1. The Morgan fingerprint density at radius 2 is 2.17 bits per heavy atom. The molecule has 7 nitrogen and oxygen atoms in total. The second-order valence-electron chi connectivity index (χ2n) is 7.66. The fraction of sp³-hybridized carbons (Fsp3) is 0.545. The Morgan fingerprint density at radius 1 is 1.34 bits per heavy atom. The van der Waals surface area contributed by atoms with Crippen LogP contribution in [0.1, 0.15) is 37.5 Å². The summed E-state index contributed by atoms with van der Waals surface area (Å²) in [7, 11) is 0. The quantitative estimate of drug-likeness (QED) is 0.360. The zero-order chi connectivity index (χ0) is 20.6. The van der Waals surface area contributed by atoms with Gasteiger partial charge in [0.1, 0.15) is 17.9 Å². The van der Waals surface area contributed by atoms with Crippen LogP contribution in [-0.4, -0.2) is 49.5 Å². The largest absolute Gasteiger partial charge is 0.459 e. The van der Waals surface area contributed by atoms with E-state index in [1.54, 1.807) is 0 Å². The minimum Gasteiger partial charge on any atom is -0.459 e. The number of aryl methyl sites for hydroxylation is 1. The van der Waals surface area contributed by atoms with Crippen molar-refractivity contribution in [3.8, 4) is 0 Å². The Hall–Kier alpha value is -2.54. The summed E-state index contributed by atoms with van der Waals surface area (Å²) in [5.74, 6) is 1.52. The fourth-order valence-corrected chi connectivity index (χ4v) is 3.87. The van der Waals surface area contributed by atoms with Gasteiger partial charge in [-0.05, 0) is 52.3 Å². The number of nitrogens with two attached hydrogens (primary N) is 1. The van der Waals surface area contributed by atoms with Gasteiger partial charge in [0, 0.05) is 30.6 Å². The first kappa shape index (κ1) is 21.2. The van der Waals surface area contributed by atoms with Gasteiger partial charge in [0.15, 0.2) is 5.96 Å². The highest BCUT2D eigenvalue weighted by molar-refractivity contribution is 5.82. The van der Waals surface area contributed by atoms with Crippen molar-refractivity contribution in [2.24, 2.45) is 16.6 Å².